The highest BCUT2D eigenvalue weighted by molar-refractivity contribution is 5.27. The first kappa shape index (κ1) is 11.5. The fraction of sp³-hybridized carbons (Fsp3) is 0.571. The maximum atomic E-state index is 6.00. The molecule has 0 radical (unpaired) electrons. The first-order valence-corrected chi connectivity index (χ1v) is 6.16. The van der Waals surface area contributed by atoms with E-state index in [9.17, 15) is 0 Å². The van der Waals surface area contributed by atoms with Gasteiger partial charge in [-0.1, -0.05) is 12.1 Å². The van der Waals surface area contributed by atoms with Crippen LogP contribution in [-0.4, -0.2) is 19.7 Å². The number of ether oxygens (including phenoxy) is 1. The minimum atomic E-state index is 0.417. The molecule has 0 aliphatic heterocycles. The molecule has 1 aromatic carbocycles. The van der Waals surface area contributed by atoms with E-state index in [-0.39, 0.29) is 0 Å². The summed E-state index contributed by atoms with van der Waals surface area (Å²) in [7, 11) is 2.02. The van der Waals surface area contributed by atoms with Crippen molar-refractivity contribution in [1.29, 1.82) is 0 Å². The van der Waals surface area contributed by atoms with Crippen molar-refractivity contribution in [1.82, 2.24) is 5.32 Å². The number of hydrogen-bond donors (Lipinski definition) is 1. The van der Waals surface area contributed by atoms with Crippen LogP contribution in [0.2, 0.25) is 0 Å². The van der Waals surface area contributed by atoms with Gasteiger partial charge in [0.1, 0.15) is 5.75 Å². The molecule has 2 rings (SSSR count). The lowest BCUT2D eigenvalue weighted by Crippen LogP contribution is -2.18. The van der Waals surface area contributed by atoms with Gasteiger partial charge in [0, 0.05) is 0 Å². The maximum absolute atomic E-state index is 6.00. The van der Waals surface area contributed by atoms with Crippen LogP contribution in [0.25, 0.3) is 0 Å². The molecule has 0 heterocycles. The Bertz CT molecular complexity index is 337. The van der Waals surface area contributed by atoms with Gasteiger partial charge >= 0.3 is 0 Å². The second-order valence-electron chi connectivity index (χ2n) is 4.79. The van der Waals surface area contributed by atoms with Crippen molar-refractivity contribution in [3.63, 3.8) is 0 Å². The standard InChI is InChI=1S/C14H21NO/c1-11-4-3-5-13(8-11)16-14-7-6-12(9-14)10-15-2/h3-5,8,12,14-15H,6-7,9-10H2,1-2H3. The SMILES string of the molecule is CNCC1CCC(Oc2cccc(C)c2)C1. The predicted molar refractivity (Wildman–Crippen MR) is 66.9 cm³/mol. The summed E-state index contributed by atoms with van der Waals surface area (Å²) in [5.74, 6) is 1.81. The molecule has 2 unspecified atom stereocenters. The fourth-order valence-corrected chi connectivity index (χ4v) is 2.49. The molecule has 88 valence electrons. The van der Waals surface area contributed by atoms with Gasteiger partial charge in [0.25, 0.3) is 0 Å². The minimum absolute atomic E-state index is 0.417. The van der Waals surface area contributed by atoms with Crippen LogP contribution in [0, 0.1) is 12.8 Å². The highest BCUT2D eigenvalue weighted by Gasteiger charge is 2.25. The molecule has 1 aliphatic carbocycles. The van der Waals surface area contributed by atoms with Crippen LogP contribution in [-0.2, 0) is 0 Å². The van der Waals surface area contributed by atoms with E-state index in [0.29, 0.717) is 6.10 Å². The van der Waals surface area contributed by atoms with Crippen LogP contribution >= 0.6 is 0 Å². The second-order valence-corrected chi connectivity index (χ2v) is 4.79. The molecule has 1 saturated carbocycles. The van der Waals surface area contributed by atoms with Crippen LogP contribution in [0.4, 0.5) is 0 Å². The van der Waals surface area contributed by atoms with Gasteiger partial charge in [-0.25, -0.2) is 0 Å². The average molecular weight is 219 g/mol. The van der Waals surface area contributed by atoms with E-state index in [2.05, 4.69) is 36.5 Å². The van der Waals surface area contributed by atoms with Crippen LogP contribution in [0.15, 0.2) is 24.3 Å². The molecule has 0 aromatic heterocycles. The normalized spacial score (nSPS) is 24.6. The number of nitrogens with one attached hydrogen (secondary N) is 1. The molecule has 0 amide bonds. The van der Waals surface area contributed by atoms with Crippen LogP contribution < -0.4 is 10.1 Å². The van der Waals surface area contributed by atoms with Gasteiger partial charge < -0.3 is 10.1 Å². The molecular weight excluding hydrogens is 198 g/mol. The maximum Gasteiger partial charge on any atom is 0.119 e. The Morgan fingerprint density at radius 1 is 1.38 bits per heavy atom. The quantitative estimate of drug-likeness (QED) is 0.840. The first-order chi connectivity index (χ1) is 7.78. The van der Waals surface area contributed by atoms with E-state index in [4.69, 9.17) is 4.74 Å². The van der Waals surface area contributed by atoms with Crippen molar-refractivity contribution in [3.05, 3.63) is 29.8 Å². The van der Waals surface area contributed by atoms with Gasteiger partial charge in [-0.3, -0.25) is 0 Å². The lowest BCUT2D eigenvalue weighted by Gasteiger charge is -2.14. The third kappa shape index (κ3) is 2.99. The summed E-state index contributed by atoms with van der Waals surface area (Å²) in [6, 6.07) is 8.33. The summed E-state index contributed by atoms with van der Waals surface area (Å²) in [6.45, 7) is 3.22. The van der Waals surface area contributed by atoms with Gasteiger partial charge in [-0.15, -0.1) is 0 Å². The second kappa shape index (κ2) is 5.35. The predicted octanol–water partition coefficient (Wildman–Crippen LogP) is 2.76. The minimum Gasteiger partial charge on any atom is -0.490 e. The molecule has 16 heavy (non-hydrogen) atoms. The lowest BCUT2D eigenvalue weighted by atomic mass is 10.1. The molecule has 1 fully saturated rings. The van der Waals surface area contributed by atoms with E-state index in [0.717, 1.165) is 18.2 Å². The zero-order valence-electron chi connectivity index (χ0n) is 10.2. The van der Waals surface area contributed by atoms with Gasteiger partial charge in [0.05, 0.1) is 6.10 Å². The Morgan fingerprint density at radius 3 is 3.00 bits per heavy atom. The summed E-state index contributed by atoms with van der Waals surface area (Å²) in [6.07, 6.45) is 4.09. The van der Waals surface area contributed by atoms with Gasteiger partial charge in [-0.2, -0.15) is 0 Å². The molecule has 2 nitrogen and oxygen atoms in total. The molecule has 0 saturated heterocycles. The van der Waals surface area contributed by atoms with Crippen molar-refractivity contribution >= 4 is 0 Å². The number of rotatable bonds is 4. The molecule has 1 N–H and O–H groups in total. The Morgan fingerprint density at radius 2 is 2.25 bits per heavy atom. The summed E-state index contributed by atoms with van der Waals surface area (Å²) >= 11 is 0. The van der Waals surface area contributed by atoms with Crippen LogP contribution in [0.1, 0.15) is 24.8 Å². The summed E-state index contributed by atoms with van der Waals surface area (Å²) in [4.78, 5) is 0. The Labute approximate surface area is 98.0 Å². The molecule has 0 bridgehead atoms. The topological polar surface area (TPSA) is 21.3 Å². The van der Waals surface area contributed by atoms with E-state index < -0.39 is 0 Å². The largest absolute Gasteiger partial charge is 0.490 e. The third-order valence-electron chi connectivity index (χ3n) is 3.28. The van der Waals surface area contributed by atoms with Crippen molar-refractivity contribution in [3.8, 4) is 5.75 Å². The van der Waals surface area contributed by atoms with E-state index in [1.54, 1.807) is 0 Å². The van der Waals surface area contributed by atoms with E-state index in [1.165, 1.54) is 24.8 Å². The van der Waals surface area contributed by atoms with Gasteiger partial charge in [0.15, 0.2) is 0 Å². The molecular formula is C14H21NO. The highest BCUT2D eigenvalue weighted by Crippen LogP contribution is 2.28. The summed E-state index contributed by atoms with van der Waals surface area (Å²) < 4.78 is 6.00. The number of benzene rings is 1. The average Bonchev–Trinajstić information content (AvgIpc) is 2.66. The molecule has 2 atom stereocenters. The van der Waals surface area contributed by atoms with Crippen molar-refractivity contribution in [2.75, 3.05) is 13.6 Å². The van der Waals surface area contributed by atoms with E-state index >= 15 is 0 Å². The van der Waals surface area contributed by atoms with Crippen LogP contribution in [0.3, 0.4) is 0 Å². The van der Waals surface area contributed by atoms with Gasteiger partial charge in [-0.05, 0) is 63.4 Å². The number of aryl methyl sites for hydroxylation is 1. The molecule has 2 heteroatoms. The Kier molecular flexibility index (Phi) is 3.83. The highest BCUT2D eigenvalue weighted by atomic mass is 16.5. The fourth-order valence-electron chi connectivity index (χ4n) is 2.49. The lowest BCUT2D eigenvalue weighted by molar-refractivity contribution is 0.204. The summed E-state index contributed by atoms with van der Waals surface area (Å²) in [5, 5.41) is 3.25. The van der Waals surface area contributed by atoms with Crippen molar-refractivity contribution in [2.24, 2.45) is 5.92 Å². The molecule has 1 aliphatic rings. The number of hydrogen-bond acceptors (Lipinski definition) is 2. The molecule has 1 aromatic rings. The first-order valence-electron chi connectivity index (χ1n) is 6.16. The Hall–Kier alpha value is -1.02. The van der Waals surface area contributed by atoms with E-state index in [1.807, 2.05) is 7.05 Å². The van der Waals surface area contributed by atoms with Crippen molar-refractivity contribution < 1.29 is 4.74 Å². The monoisotopic (exact) mass is 219 g/mol. The molecule has 0 spiro atoms. The van der Waals surface area contributed by atoms with Crippen molar-refractivity contribution in [2.45, 2.75) is 32.3 Å². The third-order valence-corrected chi connectivity index (χ3v) is 3.28. The Balaban J connectivity index is 1.87. The van der Waals surface area contributed by atoms with Crippen LogP contribution in [0.5, 0.6) is 5.75 Å². The zero-order valence-corrected chi connectivity index (χ0v) is 10.2. The van der Waals surface area contributed by atoms with Gasteiger partial charge in [0.2, 0.25) is 0 Å². The summed E-state index contributed by atoms with van der Waals surface area (Å²) in [5.41, 5.74) is 1.27. The smallest absolute Gasteiger partial charge is 0.119 e. The zero-order chi connectivity index (χ0) is 11.4.